The lowest BCUT2D eigenvalue weighted by atomic mass is 9.88. The Morgan fingerprint density at radius 2 is 2.00 bits per heavy atom. The van der Waals surface area contributed by atoms with Crippen molar-refractivity contribution in [2.45, 2.75) is 44.1 Å². The molecule has 0 saturated carbocycles. The fourth-order valence-electron chi connectivity index (χ4n) is 4.15. The van der Waals surface area contributed by atoms with Crippen LogP contribution in [0.15, 0.2) is 12.1 Å². The van der Waals surface area contributed by atoms with Crippen LogP contribution in [-0.2, 0) is 12.8 Å². The molecule has 0 aromatic heterocycles. The highest BCUT2D eigenvalue weighted by molar-refractivity contribution is 5.97. The monoisotopic (exact) mass is 332 g/mol. The van der Waals surface area contributed by atoms with Crippen LogP contribution in [0.5, 0.6) is 5.75 Å². The lowest BCUT2D eigenvalue weighted by Crippen LogP contribution is -2.54. The van der Waals surface area contributed by atoms with Crippen molar-refractivity contribution in [3.8, 4) is 5.75 Å². The predicted octanol–water partition coefficient (Wildman–Crippen LogP) is 1.80. The van der Waals surface area contributed by atoms with Gasteiger partial charge in [0.25, 0.3) is 5.91 Å². The van der Waals surface area contributed by atoms with Crippen LogP contribution in [0.4, 0.5) is 0 Å². The number of phenols is 1. The maximum Gasteiger partial charge on any atom is 0.257 e. The number of aromatic hydroxyl groups is 1. The molecular weight excluding hydrogens is 304 g/mol. The summed E-state index contributed by atoms with van der Waals surface area (Å²) in [4.78, 5) is 16.6. The first-order valence-corrected chi connectivity index (χ1v) is 8.90. The number of phenolic OH excluding ortho intramolecular Hbond substituents is 1. The second kappa shape index (κ2) is 6.73. The van der Waals surface area contributed by atoms with Gasteiger partial charge in [0, 0.05) is 13.1 Å². The molecule has 1 aromatic carbocycles. The molecule has 132 valence electrons. The number of amides is 1. The van der Waals surface area contributed by atoms with Crippen LogP contribution in [0, 0.1) is 0 Å². The number of rotatable bonds is 3. The lowest BCUT2D eigenvalue weighted by Gasteiger charge is -2.40. The van der Waals surface area contributed by atoms with Crippen LogP contribution in [0.25, 0.3) is 0 Å². The molecule has 0 radical (unpaired) electrons. The minimum atomic E-state index is -0.874. The van der Waals surface area contributed by atoms with Crippen molar-refractivity contribution in [1.82, 2.24) is 9.80 Å². The Morgan fingerprint density at radius 1 is 1.25 bits per heavy atom. The van der Waals surface area contributed by atoms with E-state index in [9.17, 15) is 15.0 Å². The first kappa shape index (κ1) is 17.2. The van der Waals surface area contributed by atoms with Crippen molar-refractivity contribution in [2.24, 2.45) is 0 Å². The highest BCUT2D eigenvalue weighted by Gasteiger charge is 2.36. The van der Waals surface area contributed by atoms with E-state index >= 15 is 0 Å². The van der Waals surface area contributed by atoms with Crippen molar-refractivity contribution in [1.29, 1.82) is 0 Å². The largest absolute Gasteiger partial charge is 0.507 e. The first-order chi connectivity index (χ1) is 11.4. The number of hydrogen-bond acceptors (Lipinski definition) is 4. The van der Waals surface area contributed by atoms with Crippen LogP contribution >= 0.6 is 0 Å². The second-order valence-corrected chi connectivity index (χ2v) is 7.60. The van der Waals surface area contributed by atoms with E-state index in [4.69, 9.17) is 0 Å². The summed E-state index contributed by atoms with van der Waals surface area (Å²) in [5.74, 6) is -0.0170. The summed E-state index contributed by atoms with van der Waals surface area (Å²) in [5, 5.41) is 21.4. The van der Waals surface area contributed by atoms with E-state index in [1.807, 2.05) is 25.1 Å². The van der Waals surface area contributed by atoms with E-state index < -0.39 is 5.60 Å². The molecule has 5 nitrogen and oxygen atoms in total. The van der Waals surface area contributed by atoms with Gasteiger partial charge in [0.05, 0.1) is 17.7 Å². The van der Waals surface area contributed by atoms with Crippen molar-refractivity contribution in [3.63, 3.8) is 0 Å². The van der Waals surface area contributed by atoms with Gasteiger partial charge in [-0.2, -0.15) is 0 Å². The standard InChI is InChI=1S/C19H28N2O3/c1-20(2)12-19(24)10-5-11-21(13-19)18(23)16-9-8-14-6-3-4-7-15(14)17(16)22/h8-9,22,24H,3-7,10-13H2,1-2H3. The molecule has 1 unspecified atom stereocenters. The van der Waals surface area contributed by atoms with Gasteiger partial charge in [0.15, 0.2) is 0 Å². The average Bonchev–Trinajstić information content (AvgIpc) is 2.54. The van der Waals surface area contributed by atoms with Gasteiger partial charge in [-0.15, -0.1) is 0 Å². The SMILES string of the molecule is CN(C)CC1(O)CCCN(C(=O)c2ccc3c(c2O)CCCC3)C1. The number of hydrogen-bond donors (Lipinski definition) is 2. The second-order valence-electron chi connectivity index (χ2n) is 7.60. The van der Waals surface area contributed by atoms with Gasteiger partial charge in [-0.25, -0.2) is 0 Å². The normalized spacial score (nSPS) is 24.1. The van der Waals surface area contributed by atoms with Gasteiger partial charge < -0.3 is 20.0 Å². The molecule has 1 aromatic rings. The zero-order valence-corrected chi connectivity index (χ0v) is 14.7. The average molecular weight is 332 g/mol. The van der Waals surface area contributed by atoms with E-state index in [1.165, 1.54) is 0 Å². The van der Waals surface area contributed by atoms with Crippen molar-refractivity contribution >= 4 is 5.91 Å². The highest BCUT2D eigenvalue weighted by Crippen LogP contribution is 2.33. The summed E-state index contributed by atoms with van der Waals surface area (Å²) < 4.78 is 0. The maximum atomic E-state index is 12.9. The first-order valence-electron chi connectivity index (χ1n) is 8.90. The zero-order valence-electron chi connectivity index (χ0n) is 14.7. The number of aliphatic hydroxyl groups is 1. The zero-order chi connectivity index (χ0) is 17.3. The van der Waals surface area contributed by atoms with E-state index in [1.54, 1.807) is 11.0 Å². The van der Waals surface area contributed by atoms with Gasteiger partial charge in [0.1, 0.15) is 5.75 Å². The molecule has 24 heavy (non-hydrogen) atoms. The Labute approximate surface area is 143 Å². The molecule has 0 spiro atoms. The Kier molecular flexibility index (Phi) is 4.83. The molecular formula is C19H28N2O3. The van der Waals surface area contributed by atoms with Crippen molar-refractivity contribution < 1.29 is 15.0 Å². The molecule has 5 heteroatoms. The summed E-state index contributed by atoms with van der Waals surface area (Å²) in [5.41, 5.74) is 1.61. The number of fused-ring (bicyclic) bond motifs is 1. The number of benzene rings is 1. The molecule has 1 aliphatic carbocycles. The van der Waals surface area contributed by atoms with Gasteiger partial charge in [0.2, 0.25) is 0 Å². The van der Waals surface area contributed by atoms with E-state index in [0.717, 1.165) is 43.2 Å². The molecule has 2 N–H and O–H groups in total. The summed E-state index contributed by atoms with van der Waals surface area (Å²) in [6, 6.07) is 3.73. The smallest absolute Gasteiger partial charge is 0.257 e. The summed E-state index contributed by atoms with van der Waals surface area (Å²) >= 11 is 0. The molecule has 1 atom stereocenters. The fourth-order valence-corrected chi connectivity index (χ4v) is 4.15. The molecule has 1 fully saturated rings. The fraction of sp³-hybridized carbons (Fsp3) is 0.632. The number of carbonyl (C=O) groups is 1. The van der Waals surface area contributed by atoms with Gasteiger partial charge >= 0.3 is 0 Å². The number of β-amino-alcohol motifs (C(OH)–C–C–N with tert-alkyl or cyclic N) is 1. The van der Waals surface area contributed by atoms with Crippen LogP contribution in [-0.4, -0.2) is 65.3 Å². The molecule has 1 aliphatic heterocycles. The summed E-state index contributed by atoms with van der Waals surface area (Å²) in [6.07, 6.45) is 5.50. The van der Waals surface area contributed by atoms with Crippen LogP contribution < -0.4 is 0 Å². The Bertz CT molecular complexity index is 629. The van der Waals surface area contributed by atoms with E-state index in [2.05, 4.69) is 0 Å². The minimum Gasteiger partial charge on any atom is -0.507 e. The van der Waals surface area contributed by atoms with E-state index in [-0.39, 0.29) is 11.7 Å². The summed E-state index contributed by atoms with van der Waals surface area (Å²) in [7, 11) is 3.85. The van der Waals surface area contributed by atoms with Crippen LogP contribution in [0.2, 0.25) is 0 Å². The lowest BCUT2D eigenvalue weighted by molar-refractivity contribution is -0.0392. The number of aryl methyl sites for hydroxylation is 1. The quantitative estimate of drug-likeness (QED) is 0.886. The minimum absolute atomic E-state index is 0.152. The number of carbonyl (C=O) groups excluding carboxylic acids is 1. The van der Waals surface area contributed by atoms with Crippen molar-refractivity contribution in [2.75, 3.05) is 33.7 Å². The predicted molar refractivity (Wildman–Crippen MR) is 93.4 cm³/mol. The summed E-state index contributed by atoms with van der Waals surface area (Å²) in [6.45, 7) is 1.48. The number of nitrogens with zero attached hydrogens (tertiary/aromatic N) is 2. The Balaban J connectivity index is 1.81. The Morgan fingerprint density at radius 3 is 2.75 bits per heavy atom. The van der Waals surface area contributed by atoms with Gasteiger partial charge in [-0.1, -0.05) is 6.07 Å². The topological polar surface area (TPSA) is 64.0 Å². The molecule has 1 saturated heterocycles. The third-order valence-corrected chi connectivity index (χ3v) is 5.19. The molecule has 3 rings (SSSR count). The third kappa shape index (κ3) is 3.42. The molecule has 1 amide bonds. The maximum absolute atomic E-state index is 12.9. The van der Waals surface area contributed by atoms with Gasteiger partial charge in [-0.05, 0) is 69.8 Å². The molecule has 0 bridgehead atoms. The van der Waals surface area contributed by atoms with Crippen LogP contribution in [0.1, 0.15) is 47.2 Å². The van der Waals surface area contributed by atoms with Crippen molar-refractivity contribution in [3.05, 3.63) is 28.8 Å². The number of piperidine rings is 1. The van der Waals surface area contributed by atoms with E-state index in [0.29, 0.717) is 31.6 Å². The molecule has 1 heterocycles. The van der Waals surface area contributed by atoms with Gasteiger partial charge in [-0.3, -0.25) is 4.79 Å². The van der Waals surface area contributed by atoms with Crippen LogP contribution in [0.3, 0.4) is 0 Å². The molecule has 2 aliphatic rings. The number of likely N-dealkylation sites (tertiary alicyclic amines) is 1. The highest BCUT2D eigenvalue weighted by atomic mass is 16.3. The Hall–Kier alpha value is -1.59. The number of likely N-dealkylation sites (N-methyl/N-ethyl adjacent to an activating group) is 1. The third-order valence-electron chi connectivity index (χ3n) is 5.19.